The Balaban J connectivity index is 2.93. The predicted octanol–water partition coefficient (Wildman–Crippen LogP) is 1.29. The fourth-order valence-corrected chi connectivity index (χ4v) is 1.86. The molecular formula is C11H12N2O2. The van der Waals surface area contributed by atoms with E-state index in [0.29, 0.717) is 5.56 Å². The number of fused-ring (bicyclic) bond motifs is 1. The fourth-order valence-electron chi connectivity index (χ4n) is 1.86. The number of carbonyl (C=O) groups is 1. The molecule has 0 unspecified atom stereocenters. The Morgan fingerprint density at radius 2 is 2.13 bits per heavy atom. The summed E-state index contributed by atoms with van der Waals surface area (Å²) >= 11 is 0. The van der Waals surface area contributed by atoms with E-state index in [1.54, 1.807) is 18.2 Å². The van der Waals surface area contributed by atoms with Gasteiger partial charge in [-0.15, -0.1) is 0 Å². The fraction of sp³-hybridized carbons (Fsp3) is 0.182. The minimum atomic E-state index is -0.441. The van der Waals surface area contributed by atoms with Crippen LogP contribution in [0.5, 0.6) is 5.75 Å². The van der Waals surface area contributed by atoms with E-state index in [9.17, 15) is 9.90 Å². The number of phenolic OH excluding ortho intramolecular Hbond substituents is 1. The van der Waals surface area contributed by atoms with Crippen molar-refractivity contribution in [2.75, 3.05) is 0 Å². The molecule has 0 fully saturated rings. The number of nitrogens with zero attached hydrogens (tertiary/aromatic N) is 1. The number of carbonyl (C=O) groups excluding carboxylic acids is 1. The van der Waals surface area contributed by atoms with E-state index in [0.717, 1.165) is 16.6 Å². The van der Waals surface area contributed by atoms with Crippen LogP contribution in [0.3, 0.4) is 0 Å². The summed E-state index contributed by atoms with van der Waals surface area (Å²) in [5.74, 6) is -0.261. The number of aromatic nitrogens is 1. The Morgan fingerprint density at radius 3 is 2.73 bits per heavy atom. The summed E-state index contributed by atoms with van der Waals surface area (Å²) in [6.45, 7) is 1.83. The molecule has 0 atom stereocenters. The first kappa shape index (κ1) is 9.58. The lowest BCUT2D eigenvalue weighted by molar-refractivity contribution is 0.100. The third kappa shape index (κ3) is 1.26. The second kappa shape index (κ2) is 3.02. The van der Waals surface area contributed by atoms with Gasteiger partial charge in [-0.05, 0) is 19.1 Å². The van der Waals surface area contributed by atoms with Gasteiger partial charge in [-0.2, -0.15) is 0 Å². The first-order valence-corrected chi connectivity index (χ1v) is 4.60. The summed E-state index contributed by atoms with van der Waals surface area (Å²) in [6.07, 6.45) is 0. The van der Waals surface area contributed by atoms with Crippen molar-refractivity contribution in [3.63, 3.8) is 0 Å². The lowest BCUT2D eigenvalue weighted by Gasteiger charge is -1.98. The molecular weight excluding hydrogens is 192 g/mol. The van der Waals surface area contributed by atoms with Gasteiger partial charge in [0.15, 0.2) is 0 Å². The van der Waals surface area contributed by atoms with Crippen molar-refractivity contribution in [1.29, 1.82) is 0 Å². The van der Waals surface area contributed by atoms with Gasteiger partial charge in [0.25, 0.3) is 5.91 Å². The molecule has 15 heavy (non-hydrogen) atoms. The number of amides is 1. The zero-order chi connectivity index (χ0) is 11.2. The number of aromatic hydroxyl groups is 1. The molecule has 0 radical (unpaired) electrons. The zero-order valence-electron chi connectivity index (χ0n) is 8.61. The third-order valence-electron chi connectivity index (χ3n) is 2.72. The molecule has 4 heteroatoms. The number of aryl methyl sites for hydroxylation is 1. The third-order valence-corrected chi connectivity index (χ3v) is 2.72. The highest BCUT2D eigenvalue weighted by molar-refractivity contribution is 6.07. The van der Waals surface area contributed by atoms with Crippen molar-refractivity contribution in [1.82, 2.24) is 4.57 Å². The van der Waals surface area contributed by atoms with Crippen LogP contribution in [0.4, 0.5) is 0 Å². The van der Waals surface area contributed by atoms with E-state index in [1.165, 1.54) is 0 Å². The second-order valence-corrected chi connectivity index (χ2v) is 3.59. The Bertz CT molecular complexity index is 555. The highest BCUT2D eigenvalue weighted by Gasteiger charge is 2.15. The van der Waals surface area contributed by atoms with Gasteiger partial charge in [-0.1, -0.05) is 0 Å². The molecule has 1 heterocycles. The maximum absolute atomic E-state index is 11.3. The standard InChI is InChI=1S/C11H12N2O2/c1-6-10(11(12)15)8-4-3-7(14)5-9(8)13(6)2/h3-5,14H,1-2H3,(H2,12,15). The van der Waals surface area contributed by atoms with E-state index >= 15 is 0 Å². The van der Waals surface area contributed by atoms with Gasteiger partial charge in [0.05, 0.1) is 11.1 Å². The lowest BCUT2D eigenvalue weighted by atomic mass is 10.1. The van der Waals surface area contributed by atoms with Gasteiger partial charge < -0.3 is 15.4 Å². The molecule has 0 aliphatic rings. The Kier molecular flexibility index (Phi) is 1.93. The summed E-state index contributed by atoms with van der Waals surface area (Å²) in [7, 11) is 1.84. The van der Waals surface area contributed by atoms with Crippen molar-refractivity contribution >= 4 is 16.8 Å². The van der Waals surface area contributed by atoms with Crippen LogP contribution in [-0.2, 0) is 7.05 Å². The minimum absolute atomic E-state index is 0.180. The Hall–Kier alpha value is -1.97. The van der Waals surface area contributed by atoms with Crippen LogP contribution in [0.25, 0.3) is 10.9 Å². The summed E-state index contributed by atoms with van der Waals surface area (Å²) in [5.41, 5.74) is 7.45. The number of hydrogen-bond acceptors (Lipinski definition) is 2. The molecule has 0 aliphatic carbocycles. The smallest absolute Gasteiger partial charge is 0.251 e. The molecule has 0 bridgehead atoms. The monoisotopic (exact) mass is 204 g/mol. The summed E-state index contributed by atoms with van der Waals surface area (Å²) in [4.78, 5) is 11.3. The molecule has 1 aromatic carbocycles. The van der Waals surface area contributed by atoms with Crippen LogP contribution in [0, 0.1) is 6.92 Å². The average Bonchev–Trinajstić information content (AvgIpc) is 2.41. The molecule has 0 aliphatic heterocycles. The number of hydrogen-bond donors (Lipinski definition) is 2. The molecule has 0 saturated heterocycles. The molecule has 1 aromatic heterocycles. The largest absolute Gasteiger partial charge is 0.508 e. The first-order valence-electron chi connectivity index (χ1n) is 4.60. The summed E-state index contributed by atoms with van der Waals surface area (Å²) in [6, 6.07) is 4.88. The highest BCUT2D eigenvalue weighted by Crippen LogP contribution is 2.27. The summed E-state index contributed by atoms with van der Waals surface area (Å²) < 4.78 is 1.84. The van der Waals surface area contributed by atoms with E-state index in [1.807, 2.05) is 18.5 Å². The van der Waals surface area contributed by atoms with Gasteiger partial charge in [0, 0.05) is 24.2 Å². The number of rotatable bonds is 1. The minimum Gasteiger partial charge on any atom is -0.508 e. The van der Waals surface area contributed by atoms with Crippen molar-refractivity contribution in [3.8, 4) is 5.75 Å². The molecule has 0 spiro atoms. The van der Waals surface area contributed by atoms with Crippen LogP contribution >= 0.6 is 0 Å². The van der Waals surface area contributed by atoms with Crippen LogP contribution in [0.2, 0.25) is 0 Å². The number of nitrogens with two attached hydrogens (primary N) is 1. The molecule has 2 aromatic rings. The topological polar surface area (TPSA) is 68.2 Å². The number of phenols is 1. The van der Waals surface area contributed by atoms with Crippen LogP contribution < -0.4 is 5.73 Å². The van der Waals surface area contributed by atoms with E-state index in [2.05, 4.69) is 0 Å². The van der Waals surface area contributed by atoms with Gasteiger partial charge in [0.2, 0.25) is 0 Å². The molecule has 2 rings (SSSR count). The quantitative estimate of drug-likeness (QED) is 0.735. The van der Waals surface area contributed by atoms with E-state index < -0.39 is 5.91 Å². The van der Waals surface area contributed by atoms with Crippen molar-refractivity contribution in [2.24, 2.45) is 12.8 Å². The van der Waals surface area contributed by atoms with E-state index in [4.69, 9.17) is 5.73 Å². The van der Waals surface area contributed by atoms with Gasteiger partial charge >= 0.3 is 0 Å². The molecule has 0 saturated carbocycles. The Labute approximate surface area is 86.9 Å². The molecule has 3 N–H and O–H groups in total. The number of primary amides is 1. The maximum atomic E-state index is 11.3. The maximum Gasteiger partial charge on any atom is 0.251 e. The molecule has 1 amide bonds. The normalized spacial score (nSPS) is 10.8. The highest BCUT2D eigenvalue weighted by atomic mass is 16.3. The predicted molar refractivity (Wildman–Crippen MR) is 57.8 cm³/mol. The van der Waals surface area contributed by atoms with Gasteiger partial charge in [-0.3, -0.25) is 4.79 Å². The van der Waals surface area contributed by atoms with Crippen LogP contribution in [-0.4, -0.2) is 15.6 Å². The van der Waals surface area contributed by atoms with Gasteiger partial charge in [-0.25, -0.2) is 0 Å². The van der Waals surface area contributed by atoms with Crippen molar-refractivity contribution < 1.29 is 9.90 Å². The van der Waals surface area contributed by atoms with Crippen molar-refractivity contribution in [2.45, 2.75) is 6.92 Å². The first-order chi connectivity index (χ1) is 7.02. The van der Waals surface area contributed by atoms with Crippen molar-refractivity contribution in [3.05, 3.63) is 29.5 Å². The van der Waals surface area contributed by atoms with E-state index in [-0.39, 0.29) is 5.75 Å². The molecule has 78 valence electrons. The SMILES string of the molecule is Cc1c(C(N)=O)c2ccc(O)cc2n1C. The molecule has 4 nitrogen and oxygen atoms in total. The zero-order valence-corrected chi connectivity index (χ0v) is 8.61. The Morgan fingerprint density at radius 1 is 1.47 bits per heavy atom. The van der Waals surface area contributed by atoms with Crippen LogP contribution in [0.1, 0.15) is 16.1 Å². The number of benzene rings is 1. The van der Waals surface area contributed by atoms with Gasteiger partial charge in [0.1, 0.15) is 5.75 Å². The van der Waals surface area contributed by atoms with Crippen LogP contribution in [0.15, 0.2) is 18.2 Å². The second-order valence-electron chi connectivity index (χ2n) is 3.59. The summed E-state index contributed by atoms with van der Waals surface area (Å²) in [5, 5.41) is 10.1. The lowest BCUT2D eigenvalue weighted by Crippen LogP contribution is -2.12. The average molecular weight is 204 g/mol.